The number of carbonyl (C=O) groups is 1. The van der Waals surface area contributed by atoms with Crippen LogP contribution in [0.5, 0.6) is 5.75 Å². The summed E-state index contributed by atoms with van der Waals surface area (Å²) in [5.41, 5.74) is 4.07. The van der Waals surface area contributed by atoms with Crippen LogP contribution in [0.3, 0.4) is 0 Å². The van der Waals surface area contributed by atoms with E-state index < -0.39 is 6.10 Å². The average Bonchev–Trinajstić information content (AvgIpc) is 2.77. The van der Waals surface area contributed by atoms with Gasteiger partial charge in [-0.15, -0.1) is 0 Å². The smallest absolute Gasteiger partial charge is 0.261 e. The minimum absolute atomic E-state index is 0.0418. The van der Waals surface area contributed by atoms with Crippen molar-refractivity contribution in [3.8, 4) is 5.75 Å². The average molecular weight is 388 g/mol. The van der Waals surface area contributed by atoms with Crippen LogP contribution in [-0.4, -0.2) is 12.0 Å². The lowest BCUT2D eigenvalue weighted by atomic mass is 9.89. The van der Waals surface area contributed by atoms with Gasteiger partial charge in [0.2, 0.25) is 0 Å². The predicted molar refractivity (Wildman–Crippen MR) is 118 cm³/mol. The van der Waals surface area contributed by atoms with Gasteiger partial charge in [0.05, 0.1) is 6.04 Å². The number of ether oxygens (including phenoxy) is 1. The van der Waals surface area contributed by atoms with Gasteiger partial charge in [0, 0.05) is 5.39 Å². The van der Waals surface area contributed by atoms with Crippen LogP contribution < -0.4 is 10.1 Å². The lowest BCUT2D eigenvalue weighted by Gasteiger charge is -2.23. The number of amides is 1. The zero-order valence-corrected chi connectivity index (χ0v) is 17.3. The normalized spacial score (nSPS) is 15.4. The van der Waals surface area contributed by atoms with Crippen LogP contribution in [0.15, 0.2) is 60.7 Å². The molecule has 0 bridgehead atoms. The van der Waals surface area contributed by atoms with Gasteiger partial charge in [-0.1, -0.05) is 61.5 Å². The van der Waals surface area contributed by atoms with Gasteiger partial charge >= 0.3 is 0 Å². The number of benzene rings is 3. The van der Waals surface area contributed by atoms with Gasteiger partial charge < -0.3 is 10.1 Å². The summed E-state index contributed by atoms with van der Waals surface area (Å²) in [6.45, 7) is 4.03. The minimum atomic E-state index is -0.513. The van der Waals surface area contributed by atoms with Gasteiger partial charge in [-0.3, -0.25) is 4.79 Å². The Hall–Kier alpha value is -2.81. The van der Waals surface area contributed by atoms with Crippen LogP contribution in [0, 0.1) is 0 Å². The molecule has 0 heterocycles. The number of hydrogen-bond acceptors (Lipinski definition) is 2. The van der Waals surface area contributed by atoms with Crippen molar-refractivity contribution in [1.82, 2.24) is 5.32 Å². The Morgan fingerprint density at radius 2 is 1.76 bits per heavy atom. The topological polar surface area (TPSA) is 38.3 Å². The zero-order chi connectivity index (χ0) is 20.2. The second-order valence-electron chi connectivity index (χ2n) is 7.96. The SMILES string of the molecule is CC[C@H](Oc1cccc2ccccc12)C(=O)N[C@H](C)c1ccc2c(c1)CCCC2. The Kier molecular flexibility index (Phi) is 5.84. The molecule has 2 atom stereocenters. The number of carbonyl (C=O) groups excluding carboxylic acids is 1. The Balaban J connectivity index is 1.47. The number of rotatable bonds is 6. The quantitative estimate of drug-likeness (QED) is 0.584. The van der Waals surface area contributed by atoms with Crippen LogP contribution in [0.25, 0.3) is 10.8 Å². The molecule has 4 rings (SSSR count). The summed E-state index contributed by atoms with van der Waals surface area (Å²) in [5, 5.41) is 5.30. The van der Waals surface area contributed by atoms with Crippen molar-refractivity contribution in [2.75, 3.05) is 0 Å². The Bertz CT molecular complexity index is 1010. The number of hydrogen-bond donors (Lipinski definition) is 1. The summed E-state index contributed by atoms with van der Waals surface area (Å²) in [5.74, 6) is 0.692. The summed E-state index contributed by atoms with van der Waals surface area (Å²) in [6, 6.07) is 20.7. The maximum absolute atomic E-state index is 13.0. The van der Waals surface area contributed by atoms with E-state index in [0.29, 0.717) is 6.42 Å². The maximum atomic E-state index is 13.0. The van der Waals surface area contributed by atoms with E-state index in [4.69, 9.17) is 4.74 Å². The van der Waals surface area contributed by atoms with Gasteiger partial charge in [0.25, 0.3) is 5.91 Å². The van der Waals surface area contributed by atoms with Crippen molar-refractivity contribution < 1.29 is 9.53 Å². The third-order valence-corrected chi connectivity index (χ3v) is 5.91. The molecule has 3 aromatic rings. The van der Waals surface area contributed by atoms with Crippen molar-refractivity contribution in [3.63, 3.8) is 0 Å². The monoisotopic (exact) mass is 387 g/mol. The first kappa shape index (κ1) is 19.5. The molecule has 150 valence electrons. The minimum Gasteiger partial charge on any atom is -0.480 e. The highest BCUT2D eigenvalue weighted by Gasteiger charge is 2.22. The van der Waals surface area contributed by atoms with Gasteiger partial charge in [0.15, 0.2) is 6.10 Å². The van der Waals surface area contributed by atoms with E-state index in [-0.39, 0.29) is 11.9 Å². The lowest BCUT2D eigenvalue weighted by molar-refractivity contribution is -0.128. The highest BCUT2D eigenvalue weighted by Crippen LogP contribution is 2.27. The third-order valence-electron chi connectivity index (χ3n) is 5.91. The number of fused-ring (bicyclic) bond motifs is 2. The first-order valence-corrected chi connectivity index (χ1v) is 10.7. The standard InChI is InChI=1S/C26H29NO2/c1-3-24(29-25-14-8-12-20-10-6-7-13-23(20)25)26(28)27-18(2)21-16-15-19-9-4-5-11-22(19)17-21/h6-8,10,12-18,24H,3-5,9,11H2,1-2H3,(H,27,28)/t18-,24+/m1/s1. The largest absolute Gasteiger partial charge is 0.480 e. The second kappa shape index (κ2) is 8.69. The Morgan fingerprint density at radius 3 is 2.59 bits per heavy atom. The summed E-state index contributed by atoms with van der Waals surface area (Å²) in [7, 11) is 0. The molecule has 3 heteroatoms. The van der Waals surface area contributed by atoms with Crippen molar-refractivity contribution in [3.05, 3.63) is 77.4 Å². The van der Waals surface area contributed by atoms with Crippen molar-refractivity contribution in [2.45, 2.75) is 58.1 Å². The molecule has 0 saturated heterocycles. The Labute approximate surface area is 173 Å². The molecule has 0 fully saturated rings. The van der Waals surface area contributed by atoms with Gasteiger partial charge in [-0.05, 0) is 67.2 Å². The lowest BCUT2D eigenvalue weighted by Crippen LogP contribution is -2.39. The van der Waals surface area contributed by atoms with Gasteiger partial charge in [0.1, 0.15) is 5.75 Å². The molecule has 1 amide bonds. The highest BCUT2D eigenvalue weighted by atomic mass is 16.5. The third kappa shape index (κ3) is 4.29. The molecule has 0 spiro atoms. The molecule has 0 aromatic heterocycles. The molecule has 29 heavy (non-hydrogen) atoms. The summed E-state index contributed by atoms with van der Waals surface area (Å²) >= 11 is 0. The maximum Gasteiger partial charge on any atom is 0.261 e. The summed E-state index contributed by atoms with van der Waals surface area (Å²) < 4.78 is 6.15. The molecular weight excluding hydrogens is 358 g/mol. The molecule has 3 nitrogen and oxygen atoms in total. The Morgan fingerprint density at radius 1 is 1.00 bits per heavy atom. The van der Waals surface area contributed by atoms with Crippen molar-refractivity contribution in [2.24, 2.45) is 0 Å². The highest BCUT2D eigenvalue weighted by molar-refractivity contribution is 5.89. The van der Waals surface area contributed by atoms with E-state index >= 15 is 0 Å². The summed E-state index contributed by atoms with van der Waals surface area (Å²) in [4.78, 5) is 13.0. The zero-order valence-electron chi connectivity index (χ0n) is 17.3. The van der Waals surface area contributed by atoms with E-state index in [9.17, 15) is 4.79 Å². The van der Waals surface area contributed by atoms with E-state index in [0.717, 1.165) is 22.9 Å². The predicted octanol–water partition coefficient (Wildman–Crippen LogP) is 5.75. The molecule has 1 N–H and O–H groups in total. The number of aryl methyl sites for hydroxylation is 2. The molecule has 0 saturated carbocycles. The fraction of sp³-hybridized carbons (Fsp3) is 0.346. The van der Waals surface area contributed by atoms with E-state index in [1.54, 1.807) is 0 Å². The molecule has 1 aliphatic rings. The van der Waals surface area contributed by atoms with Crippen molar-refractivity contribution in [1.29, 1.82) is 0 Å². The van der Waals surface area contributed by atoms with E-state index in [1.807, 2.05) is 44.2 Å². The second-order valence-corrected chi connectivity index (χ2v) is 7.96. The molecule has 1 aliphatic carbocycles. The van der Waals surface area contributed by atoms with Crippen LogP contribution in [0.4, 0.5) is 0 Å². The van der Waals surface area contributed by atoms with Crippen molar-refractivity contribution >= 4 is 16.7 Å². The molecule has 0 aliphatic heterocycles. The van der Waals surface area contributed by atoms with Crippen LogP contribution >= 0.6 is 0 Å². The first-order chi connectivity index (χ1) is 14.2. The molecule has 3 aromatic carbocycles. The first-order valence-electron chi connectivity index (χ1n) is 10.7. The fourth-order valence-electron chi connectivity index (χ4n) is 4.19. The van der Waals surface area contributed by atoms with Crippen LogP contribution in [-0.2, 0) is 17.6 Å². The van der Waals surface area contributed by atoms with Crippen LogP contribution in [0.1, 0.15) is 55.8 Å². The van der Waals surface area contributed by atoms with Gasteiger partial charge in [-0.2, -0.15) is 0 Å². The van der Waals surface area contributed by atoms with Crippen LogP contribution in [0.2, 0.25) is 0 Å². The van der Waals surface area contributed by atoms with Gasteiger partial charge in [-0.25, -0.2) is 0 Å². The fourth-order valence-corrected chi connectivity index (χ4v) is 4.19. The van der Waals surface area contributed by atoms with E-state index in [2.05, 4.69) is 35.6 Å². The summed E-state index contributed by atoms with van der Waals surface area (Å²) in [6.07, 6.45) is 4.96. The van der Waals surface area contributed by atoms with E-state index in [1.165, 1.54) is 36.0 Å². The number of nitrogens with one attached hydrogen (secondary N) is 1. The molecular formula is C26H29NO2. The molecule has 0 radical (unpaired) electrons. The molecule has 0 unspecified atom stereocenters.